The fraction of sp³-hybridized carbons (Fsp3) is 0.250. The third-order valence-electron chi connectivity index (χ3n) is 2.07. The summed E-state index contributed by atoms with van der Waals surface area (Å²) in [5.41, 5.74) is -0.0420. The number of rotatable bonds is 4. The lowest BCUT2D eigenvalue weighted by molar-refractivity contribution is -0.384. The van der Waals surface area contributed by atoms with E-state index in [1.54, 1.807) is 6.92 Å². The number of non-ortho nitro benzene ring substituents is 1. The Morgan fingerprint density at radius 1 is 1.50 bits per heavy atom. The SMILES string of the molecule is CC#CCCNC(=O)c1cc(Cl)cc([N+](=O)[O-])c1. The number of hydrogen-bond acceptors (Lipinski definition) is 3. The summed E-state index contributed by atoms with van der Waals surface area (Å²) in [6.45, 7) is 2.10. The van der Waals surface area contributed by atoms with Crippen molar-refractivity contribution in [3.8, 4) is 11.8 Å². The lowest BCUT2D eigenvalue weighted by atomic mass is 10.2. The minimum absolute atomic E-state index is 0.155. The molecule has 5 nitrogen and oxygen atoms in total. The lowest BCUT2D eigenvalue weighted by Crippen LogP contribution is -2.24. The van der Waals surface area contributed by atoms with Gasteiger partial charge in [-0.3, -0.25) is 14.9 Å². The van der Waals surface area contributed by atoms with Crippen LogP contribution in [0.1, 0.15) is 23.7 Å². The average Bonchev–Trinajstić information content (AvgIpc) is 2.33. The van der Waals surface area contributed by atoms with Crippen molar-refractivity contribution in [3.63, 3.8) is 0 Å². The minimum atomic E-state index is -0.592. The third-order valence-corrected chi connectivity index (χ3v) is 2.29. The molecule has 0 aliphatic heterocycles. The maximum absolute atomic E-state index is 11.7. The van der Waals surface area contributed by atoms with Crippen LogP contribution in [-0.2, 0) is 0 Å². The zero-order chi connectivity index (χ0) is 13.5. The summed E-state index contributed by atoms with van der Waals surface area (Å²) in [7, 11) is 0. The van der Waals surface area contributed by atoms with E-state index < -0.39 is 10.8 Å². The largest absolute Gasteiger partial charge is 0.351 e. The van der Waals surface area contributed by atoms with Gasteiger partial charge in [0, 0.05) is 35.7 Å². The quantitative estimate of drug-likeness (QED) is 0.394. The molecule has 0 aliphatic carbocycles. The van der Waals surface area contributed by atoms with Gasteiger partial charge in [-0.25, -0.2) is 0 Å². The Bertz CT molecular complexity index is 532. The Morgan fingerprint density at radius 3 is 2.83 bits per heavy atom. The number of carbonyl (C=O) groups is 1. The van der Waals surface area contributed by atoms with Gasteiger partial charge < -0.3 is 5.32 Å². The molecule has 0 aromatic heterocycles. The van der Waals surface area contributed by atoms with E-state index in [4.69, 9.17) is 11.6 Å². The standard InChI is InChI=1S/C12H11ClN2O3/c1-2-3-4-5-14-12(16)9-6-10(13)8-11(7-9)15(17)18/h6-8H,4-5H2,1H3,(H,14,16). The predicted molar refractivity (Wildman–Crippen MR) is 68.5 cm³/mol. The number of nitrogens with one attached hydrogen (secondary N) is 1. The van der Waals surface area contributed by atoms with E-state index in [9.17, 15) is 14.9 Å². The number of nitro groups is 1. The number of nitrogens with zero attached hydrogens (tertiary/aromatic N) is 1. The molecule has 1 aromatic rings. The maximum Gasteiger partial charge on any atom is 0.271 e. The van der Waals surface area contributed by atoms with Gasteiger partial charge >= 0.3 is 0 Å². The summed E-state index contributed by atoms with van der Waals surface area (Å²) < 4.78 is 0. The van der Waals surface area contributed by atoms with Crippen LogP contribution in [0, 0.1) is 22.0 Å². The smallest absolute Gasteiger partial charge is 0.271 e. The summed E-state index contributed by atoms with van der Waals surface area (Å²) in [4.78, 5) is 21.7. The van der Waals surface area contributed by atoms with Gasteiger partial charge in [0.2, 0.25) is 0 Å². The van der Waals surface area contributed by atoms with Crippen LogP contribution < -0.4 is 5.32 Å². The van der Waals surface area contributed by atoms with Crippen LogP contribution in [-0.4, -0.2) is 17.4 Å². The number of carbonyl (C=O) groups excluding carboxylic acids is 1. The molecule has 0 saturated heterocycles. The van der Waals surface area contributed by atoms with Crippen molar-refractivity contribution in [2.45, 2.75) is 13.3 Å². The molecule has 1 amide bonds. The molecule has 1 N–H and O–H groups in total. The lowest BCUT2D eigenvalue weighted by Gasteiger charge is -2.03. The molecule has 0 unspecified atom stereocenters. The maximum atomic E-state index is 11.7. The van der Waals surface area contributed by atoms with E-state index in [2.05, 4.69) is 17.2 Å². The van der Waals surface area contributed by atoms with Crippen LogP contribution in [0.25, 0.3) is 0 Å². The minimum Gasteiger partial charge on any atom is -0.351 e. The van der Waals surface area contributed by atoms with Crippen molar-refractivity contribution in [3.05, 3.63) is 38.9 Å². The molecule has 0 fully saturated rings. The Morgan fingerprint density at radius 2 is 2.22 bits per heavy atom. The van der Waals surface area contributed by atoms with Crippen molar-refractivity contribution in [2.24, 2.45) is 0 Å². The molecule has 1 rings (SSSR count). The van der Waals surface area contributed by atoms with Crippen molar-refractivity contribution in [1.29, 1.82) is 0 Å². The molecule has 6 heteroatoms. The highest BCUT2D eigenvalue weighted by Gasteiger charge is 2.13. The van der Waals surface area contributed by atoms with Crippen molar-refractivity contribution >= 4 is 23.2 Å². The van der Waals surface area contributed by atoms with Crippen LogP contribution in [0.5, 0.6) is 0 Å². The second-order valence-electron chi connectivity index (χ2n) is 3.39. The highest BCUT2D eigenvalue weighted by molar-refractivity contribution is 6.31. The third kappa shape index (κ3) is 4.07. The second-order valence-corrected chi connectivity index (χ2v) is 3.82. The normalized spacial score (nSPS) is 9.22. The van der Waals surface area contributed by atoms with E-state index in [0.717, 1.165) is 0 Å². The van der Waals surface area contributed by atoms with Crippen LogP contribution in [0.15, 0.2) is 18.2 Å². The molecular formula is C12H11ClN2O3. The van der Waals surface area contributed by atoms with Gasteiger partial charge in [0.1, 0.15) is 0 Å². The molecule has 0 atom stereocenters. The van der Waals surface area contributed by atoms with Gasteiger partial charge in [-0.1, -0.05) is 11.6 Å². The zero-order valence-electron chi connectivity index (χ0n) is 9.70. The van der Waals surface area contributed by atoms with Gasteiger partial charge in [-0.05, 0) is 13.0 Å². The highest BCUT2D eigenvalue weighted by atomic mass is 35.5. The molecule has 0 radical (unpaired) electrons. The Balaban J connectivity index is 2.78. The van der Waals surface area contributed by atoms with Crippen molar-refractivity contribution in [1.82, 2.24) is 5.32 Å². The monoisotopic (exact) mass is 266 g/mol. The van der Waals surface area contributed by atoms with Gasteiger partial charge in [0.25, 0.3) is 11.6 Å². The summed E-state index contributed by atoms with van der Waals surface area (Å²) in [5.74, 6) is 5.10. The Labute approximate surface area is 109 Å². The van der Waals surface area contributed by atoms with E-state index in [0.29, 0.717) is 13.0 Å². The molecule has 18 heavy (non-hydrogen) atoms. The summed E-state index contributed by atoms with van der Waals surface area (Å²) in [6, 6.07) is 3.77. The molecule has 0 spiro atoms. The van der Waals surface area contributed by atoms with E-state index >= 15 is 0 Å². The molecular weight excluding hydrogens is 256 g/mol. The first-order valence-corrected chi connectivity index (χ1v) is 5.55. The van der Waals surface area contributed by atoms with E-state index in [-0.39, 0.29) is 16.3 Å². The number of halogens is 1. The van der Waals surface area contributed by atoms with Gasteiger partial charge in [0.15, 0.2) is 0 Å². The van der Waals surface area contributed by atoms with Crippen LogP contribution in [0.3, 0.4) is 0 Å². The Kier molecular flexibility index (Phi) is 5.15. The number of amides is 1. The van der Waals surface area contributed by atoms with E-state index in [1.165, 1.54) is 18.2 Å². The van der Waals surface area contributed by atoms with Gasteiger partial charge in [-0.15, -0.1) is 11.8 Å². The van der Waals surface area contributed by atoms with Crippen molar-refractivity contribution in [2.75, 3.05) is 6.54 Å². The predicted octanol–water partition coefficient (Wildman–Crippen LogP) is 2.39. The molecule has 1 aromatic carbocycles. The van der Waals surface area contributed by atoms with Crippen LogP contribution in [0.2, 0.25) is 5.02 Å². The number of benzene rings is 1. The summed E-state index contributed by atoms with van der Waals surface area (Å²) >= 11 is 5.72. The fourth-order valence-electron chi connectivity index (χ4n) is 1.28. The molecule has 0 saturated carbocycles. The highest BCUT2D eigenvalue weighted by Crippen LogP contribution is 2.20. The number of nitro benzene ring substituents is 1. The zero-order valence-corrected chi connectivity index (χ0v) is 10.5. The van der Waals surface area contributed by atoms with Crippen molar-refractivity contribution < 1.29 is 9.72 Å². The topological polar surface area (TPSA) is 72.2 Å². The Hall–Kier alpha value is -2.06. The average molecular weight is 267 g/mol. The molecule has 94 valence electrons. The second kappa shape index (κ2) is 6.62. The summed E-state index contributed by atoms with van der Waals surface area (Å²) in [5, 5.41) is 13.4. The van der Waals surface area contributed by atoms with E-state index in [1.807, 2.05) is 0 Å². The fourth-order valence-corrected chi connectivity index (χ4v) is 1.51. The number of hydrogen-bond donors (Lipinski definition) is 1. The molecule has 0 bridgehead atoms. The molecule has 0 aliphatic rings. The summed E-state index contributed by atoms with van der Waals surface area (Å²) in [6.07, 6.45) is 0.533. The first kappa shape index (κ1) is 14.0. The first-order chi connectivity index (χ1) is 8.54. The molecule has 0 heterocycles. The van der Waals surface area contributed by atoms with Gasteiger partial charge in [0.05, 0.1) is 4.92 Å². The first-order valence-electron chi connectivity index (χ1n) is 5.17. The van der Waals surface area contributed by atoms with Crippen LogP contribution >= 0.6 is 11.6 Å². The van der Waals surface area contributed by atoms with Crippen LogP contribution in [0.4, 0.5) is 5.69 Å². The van der Waals surface area contributed by atoms with Gasteiger partial charge in [-0.2, -0.15) is 0 Å².